The zero-order valence-electron chi connectivity index (χ0n) is 5.31. The molecule has 0 fully saturated rings. The average Bonchev–Trinajstić information content (AvgIpc) is 1.21. The van der Waals surface area contributed by atoms with E-state index in [9.17, 15) is 0 Å². The van der Waals surface area contributed by atoms with Crippen molar-refractivity contribution in [3.63, 3.8) is 0 Å². The second-order valence-electron chi connectivity index (χ2n) is 2.52. The lowest BCUT2D eigenvalue weighted by molar-refractivity contribution is 0.810. The number of hydrogen-bond acceptors (Lipinski definition) is 2. The van der Waals surface area contributed by atoms with Gasteiger partial charge in [0.05, 0.1) is 0 Å². The highest BCUT2D eigenvalue weighted by Crippen LogP contribution is 2.29. The second kappa shape index (κ2) is 3.42. The number of hydrogen-bond donors (Lipinski definition) is 1. The zero-order valence-corrected chi connectivity index (χ0v) is 8.61. The molecule has 0 radical (unpaired) electrons. The van der Waals surface area contributed by atoms with Gasteiger partial charge in [0.1, 0.15) is 0 Å². The van der Waals surface area contributed by atoms with E-state index in [1.807, 2.05) is 0 Å². The van der Waals surface area contributed by atoms with Gasteiger partial charge in [-0.3, -0.25) is 0 Å². The molecule has 48 valence electrons. The summed E-state index contributed by atoms with van der Waals surface area (Å²) in [6.07, 6.45) is 0. The van der Waals surface area contributed by atoms with Crippen molar-refractivity contribution in [1.29, 1.82) is 0 Å². The van der Waals surface area contributed by atoms with E-state index in [0.29, 0.717) is 4.75 Å². The van der Waals surface area contributed by atoms with Crippen LogP contribution in [-0.2, 0) is 0 Å². The van der Waals surface area contributed by atoms with Gasteiger partial charge in [-0.25, -0.2) is 12.5 Å². The maximum absolute atomic E-state index is 4.17. The van der Waals surface area contributed by atoms with Crippen molar-refractivity contribution in [1.82, 2.24) is 0 Å². The highest BCUT2D eigenvalue weighted by atomic mass is 79.9. The first-order valence-electron chi connectivity index (χ1n) is 2.42. The van der Waals surface area contributed by atoms with Crippen LogP contribution in [0.1, 0.15) is 20.8 Å². The van der Waals surface area contributed by atoms with Crippen LogP contribution >= 0.6 is 39.8 Å². The predicted octanol–water partition coefficient (Wildman–Crippen LogP) is 2.83. The van der Waals surface area contributed by atoms with Crippen molar-refractivity contribution < 1.29 is 0 Å². The van der Waals surface area contributed by atoms with Gasteiger partial charge in [-0.05, 0) is 4.75 Å². The van der Waals surface area contributed by atoms with Crippen LogP contribution in [0.15, 0.2) is 0 Å². The van der Waals surface area contributed by atoms with Gasteiger partial charge in [0.25, 0.3) is 0 Å². The summed E-state index contributed by atoms with van der Waals surface area (Å²) in [5.41, 5.74) is 0. The van der Waals surface area contributed by atoms with Gasteiger partial charge in [-0.15, -0.1) is 15.8 Å². The van der Waals surface area contributed by atoms with E-state index < -0.39 is 0 Å². The Bertz CT molecular complexity index is 68.9. The third kappa shape index (κ3) is 7.24. The second-order valence-corrected chi connectivity index (χ2v) is 7.55. The van der Waals surface area contributed by atoms with Crippen molar-refractivity contribution in [2.24, 2.45) is 0 Å². The summed E-state index contributed by atoms with van der Waals surface area (Å²) in [6, 6.07) is 0. The minimum atomic E-state index is 0.266. The van der Waals surface area contributed by atoms with Crippen molar-refractivity contribution in [3.8, 4) is 0 Å². The molecule has 8 heavy (non-hydrogen) atoms. The molecule has 0 aliphatic rings. The molecule has 0 amide bonds. The molecule has 0 aliphatic heterocycles. The summed E-state index contributed by atoms with van der Waals surface area (Å²) < 4.78 is 0.582. The molecule has 0 saturated carbocycles. The molecular weight excluding hydrogens is 203 g/mol. The van der Waals surface area contributed by atoms with E-state index in [-0.39, 0.29) is 4.09 Å². The van der Waals surface area contributed by atoms with E-state index in [2.05, 4.69) is 49.0 Å². The summed E-state index contributed by atoms with van der Waals surface area (Å²) in [7, 11) is 0. The molecule has 0 heterocycles. The van der Waals surface area contributed by atoms with Crippen LogP contribution < -0.4 is 0 Å². The molecule has 0 nitrogen and oxygen atoms in total. The maximum atomic E-state index is 4.17. The van der Waals surface area contributed by atoms with E-state index in [4.69, 9.17) is 0 Å². The fourth-order valence-corrected chi connectivity index (χ4v) is 3.51. The van der Waals surface area contributed by atoms with Crippen LogP contribution in [0.5, 0.6) is 0 Å². The smallest absolute Gasteiger partial charge is 0.201 e. The van der Waals surface area contributed by atoms with Gasteiger partial charge < -0.3 is 0 Å². The first-order chi connectivity index (χ1) is 3.42. The lowest BCUT2D eigenvalue weighted by Gasteiger charge is -2.17. The first-order valence-corrected chi connectivity index (χ1v) is 4.73. The van der Waals surface area contributed by atoms with Crippen LogP contribution in [0.3, 0.4) is 0 Å². The minimum absolute atomic E-state index is 0.266. The lowest BCUT2D eigenvalue weighted by atomic mass is 10.3. The van der Waals surface area contributed by atoms with E-state index >= 15 is 0 Å². The van der Waals surface area contributed by atoms with Crippen molar-refractivity contribution in [2.75, 3.05) is 0 Å². The molecule has 0 rings (SSSR count). The quantitative estimate of drug-likeness (QED) is 0.516. The molecule has 0 N–H and O–H groups in total. The Morgan fingerprint density at radius 2 is 1.88 bits per heavy atom. The van der Waals surface area contributed by atoms with Crippen LogP contribution in [0.25, 0.3) is 0 Å². The maximum Gasteiger partial charge on any atom is 0.348 e. The highest BCUT2D eigenvalue weighted by Gasteiger charge is 2.16. The summed E-state index contributed by atoms with van der Waals surface area (Å²) in [5, 5.41) is 0. The van der Waals surface area contributed by atoms with Crippen molar-refractivity contribution >= 4 is 43.9 Å². The van der Waals surface area contributed by atoms with Crippen LogP contribution in [0, 0.1) is 0 Å². The molecule has 0 spiro atoms. The van der Waals surface area contributed by atoms with E-state index in [1.165, 1.54) is 0 Å². The van der Waals surface area contributed by atoms with Gasteiger partial charge in [0.15, 0.2) is 0 Å². The Balaban J connectivity index is 3.39. The fourth-order valence-electron chi connectivity index (χ4n) is 0.292. The molecular formula is C4H10BBrS2. The van der Waals surface area contributed by atoms with Gasteiger partial charge in [0.2, 0.25) is 0 Å². The molecule has 0 aromatic rings. The molecule has 0 saturated heterocycles. The SMILES string of the molecule is CC(C)(C)SB(S)Br. The van der Waals surface area contributed by atoms with Crippen molar-refractivity contribution in [2.45, 2.75) is 25.5 Å². The van der Waals surface area contributed by atoms with Gasteiger partial charge >= 0.3 is 4.09 Å². The topological polar surface area (TPSA) is 0 Å². The Hall–Kier alpha value is 1.24. The number of halogens is 1. The third-order valence-electron chi connectivity index (χ3n) is 0.451. The summed E-state index contributed by atoms with van der Waals surface area (Å²) in [4.78, 5) is 0. The Morgan fingerprint density at radius 1 is 1.50 bits per heavy atom. The number of rotatable bonds is 1. The molecule has 0 unspecified atom stereocenters. The molecule has 4 heteroatoms. The first kappa shape index (κ1) is 9.24. The minimum Gasteiger partial charge on any atom is -0.201 e. The zero-order chi connectivity index (χ0) is 6.78. The summed E-state index contributed by atoms with van der Waals surface area (Å²) >= 11 is 9.30. The van der Waals surface area contributed by atoms with Crippen LogP contribution in [0.2, 0.25) is 0 Å². The van der Waals surface area contributed by atoms with Gasteiger partial charge in [0, 0.05) is 0 Å². The Labute approximate surface area is 69.4 Å². The summed E-state index contributed by atoms with van der Waals surface area (Å²) in [6.45, 7) is 6.51. The molecule has 0 bridgehead atoms. The fraction of sp³-hybridized carbons (Fsp3) is 1.00. The molecule has 0 aromatic heterocycles. The Kier molecular flexibility index (Phi) is 3.96. The van der Waals surface area contributed by atoms with Crippen LogP contribution in [0.4, 0.5) is 0 Å². The summed E-state index contributed by atoms with van der Waals surface area (Å²) in [5.74, 6) is 0. The normalized spacial score (nSPS) is 11.6. The highest BCUT2D eigenvalue weighted by molar-refractivity contribution is 9.35. The predicted molar refractivity (Wildman–Crippen MR) is 51.0 cm³/mol. The van der Waals surface area contributed by atoms with Crippen molar-refractivity contribution in [3.05, 3.63) is 0 Å². The molecule has 0 atom stereocenters. The van der Waals surface area contributed by atoms with Gasteiger partial charge in [-0.2, -0.15) is 11.6 Å². The van der Waals surface area contributed by atoms with E-state index in [1.54, 1.807) is 11.6 Å². The monoisotopic (exact) mass is 212 g/mol. The average molecular weight is 213 g/mol. The van der Waals surface area contributed by atoms with Gasteiger partial charge in [-0.1, -0.05) is 20.8 Å². The van der Waals surface area contributed by atoms with Crippen LogP contribution in [-0.4, -0.2) is 8.84 Å². The largest absolute Gasteiger partial charge is 0.348 e. The molecule has 0 aromatic carbocycles. The standard InChI is InChI=1S/C4H10BBrS2/c1-4(2,3)8-5(6)7/h7H,1-3H3. The third-order valence-corrected chi connectivity index (χ3v) is 2.23. The Morgan fingerprint density at radius 3 is 1.88 bits per heavy atom. The number of thiol groups is 1. The molecule has 0 aliphatic carbocycles. The van der Waals surface area contributed by atoms with E-state index in [0.717, 1.165) is 0 Å². The lowest BCUT2D eigenvalue weighted by Crippen LogP contribution is -2.10.